The highest BCUT2D eigenvalue weighted by Crippen LogP contribution is 2.48. The molecule has 0 atom stereocenters. The van der Waals surface area contributed by atoms with E-state index in [0.717, 1.165) is 40.9 Å². The molecule has 3 aromatic rings. The topological polar surface area (TPSA) is 83.0 Å². The molecular formula is C17H16N4O2S. The molecule has 0 bridgehead atoms. The van der Waals surface area contributed by atoms with Gasteiger partial charge in [-0.3, -0.25) is 14.5 Å². The number of carbonyl (C=O) groups is 1. The van der Waals surface area contributed by atoms with E-state index in [-0.39, 0.29) is 0 Å². The second kappa shape index (κ2) is 5.45. The third-order valence-electron chi connectivity index (χ3n) is 4.26. The first-order chi connectivity index (χ1) is 11.6. The fourth-order valence-electron chi connectivity index (χ4n) is 3.12. The number of fused-ring (bicyclic) bond motifs is 3. The van der Waals surface area contributed by atoms with Crippen molar-refractivity contribution in [3.63, 3.8) is 0 Å². The number of carbonyl (C=O) groups excluding carboxylic acids is 1. The van der Waals surface area contributed by atoms with Gasteiger partial charge in [0, 0.05) is 13.2 Å². The predicted octanol–water partition coefficient (Wildman–Crippen LogP) is 2.84. The van der Waals surface area contributed by atoms with E-state index in [1.165, 1.54) is 11.3 Å². The summed E-state index contributed by atoms with van der Waals surface area (Å²) in [7, 11) is 1.90. The lowest BCUT2D eigenvalue weighted by Crippen LogP contribution is -2.13. The minimum atomic E-state index is -0.417. The number of thiophene rings is 1. The largest absolute Gasteiger partial charge is 0.444 e. The van der Waals surface area contributed by atoms with E-state index < -0.39 is 5.91 Å². The number of rotatable bonds is 3. The van der Waals surface area contributed by atoms with Crippen molar-refractivity contribution in [2.24, 2.45) is 12.8 Å². The van der Waals surface area contributed by atoms with Gasteiger partial charge in [0.05, 0.1) is 28.0 Å². The lowest BCUT2D eigenvalue weighted by molar-refractivity contribution is 0.100. The van der Waals surface area contributed by atoms with Crippen molar-refractivity contribution in [2.45, 2.75) is 19.8 Å². The van der Waals surface area contributed by atoms with Gasteiger partial charge in [0.25, 0.3) is 5.91 Å². The zero-order valence-corrected chi connectivity index (χ0v) is 14.2. The van der Waals surface area contributed by atoms with Crippen LogP contribution in [-0.4, -0.2) is 20.7 Å². The normalized spacial score (nSPS) is 12.6. The Labute approximate surface area is 142 Å². The summed E-state index contributed by atoms with van der Waals surface area (Å²) < 4.78 is 7.95. The second-order valence-corrected chi connectivity index (χ2v) is 6.75. The first-order valence-electron chi connectivity index (χ1n) is 7.62. The quantitative estimate of drug-likeness (QED) is 0.795. The van der Waals surface area contributed by atoms with Gasteiger partial charge in [-0.1, -0.05) is 11.3 Å². The maximum atomic E-state index is 11.9. The summed E-state index contributed by atoms with van der Waals surface area (Å²) in [5, 5.41) is 5.02. The minimum Gasteiger partial charge on any atom is -0.444 e. The van der Waals surface area contributed by atoms with E-state index in [4.69, 9.17) is 10.5 Å². The second-order valence-electron chi connectivity index (χ2n) is 5.77. The Bertz CT molecular complexity index is 958. The number of amides is 1. The van der Waals surface area contributed by atoms with Crippen LogP contribution in [0.25, 0.3) is 11.3 Å². The standard InChI is InChI=1S/C17H16N4O2S/c1-9-12(4-3-7-19-9)23-17-13-11(15(24-17)16(18)22)6-5-10-8-20-21(2)14(10)13/h3-4,7-8H,5-6H2,1-2H3,(H2,18,22). The summed E-state index contributed by atoms with van der Waals surface area (Å²) >= 11 is 1.30. The molecular weight excluding hydrogens is 324 g/mol. The maximum absolute atomic E-state index is 11.9. The number of nitrogens with two attached hydrogens (primary N) is 1. The van der Waals surface area contributed by atoms with Crippen molar-refractivity contribution >= 4 is 17.2 Å². The Balaban J connectivity index is 1.91. The zero-order valence-electron chi connectivity index (χ0n) is 13.4. The Kier molecular flexibility index (Phi) is 3.38. The molecule has 3 aromatic heterocycles. The monoisotopic (exact) mass is 340 g/mol. The fourth-order valence-corrected chi connectivity index (χ4v) is 4.18. The maximum Gasteiger partial charge on any atom is 0.259 e. The molecule has 0 unspecified atom stereocenters. The van der Waals surface area contributed by atoms with Crippen LogP contribution in [0, 0.1) is 6.92 Å². The van der Waals surface area contributed by atoms with E-state index in [1.54, 1.807) is 6.20 Å². The SMILES string of the molecule is Cc1ncccc1Oc1sc(C(N)=O)c2c1-c1c(cnn1C)CC2. The number of hydrogen-bond acceptors (Lipinski definition) is 5. The third kappa shape index (κ3) is 2.20. The molecule has 0 saturated carbocycles. The predicted molar refractivity (Wildman–Crippen MR) is 91.5 cm³/mol. The number of aryl methyl sites for hydroxylation is 3. The first kappa shape index (κ1) is 14.9. The Hall–Kier alpha value is -2.67. The van der Waals surface area contributed by atoms with E-state index >= 15 is 0 Å². The summed E-state index contributed by atoms with van der Waals surface area (Å²) in [4.78, 5) is 16.7. The molecule has 122 valence electrons. The number of ether oxygens (including phenoxy) is 1. The van der Waals surface area contributed by atoms with Crippen molar-refractivity contribution < 1.29 is 9.53 Å². The Morgan fingerprint density at radius 3 is 3.00 bits per heavy atom. The molecule has 0 fully saturated rings. The van der Waals surface area contributed by atoms with Crippen LogP contribution in [0.5, 0.6) is 10.8 Å². The van der Waals surface area contributed by atoms with Crippen molar-refractivity contribution in [3.05, 3.63) is 46.2 Å². The molecule has 1 aliphatic rings. The van der Waals surface area contributed by atoms with Gasteiger partial charge in [0.1, 0.15) is 5.75 Å². The van der Waals surface area contributed by atoms with Gasteiger partial charge in [-0.15, -0.1) is 0 Å². The van der Waals surface area contributed by atoms with Crippen LogP contribution in [-0.2, 0) is 19.9 Å². The van der Waals surface area contributed by atoms with Gasteiger partial charge in [-0.05, 0) is 43.0 Å². The average molecular weight is 340 g/mol. The van der Waals surface area contributed by atoms with Crippen LogP contribution in [0.15, 0.2) is 24.5 Å². The molecule has 2 N–H and O–H groups in total. The molecule has 0 spiro atoms. The first-order valence-corrected chi connectivity index (χ1v) is 8.44. The third-order valence-corrected chi connectivity index (χ3v) is 5.38. The lowest BCUT2D eigenvalue weighted by atomic mass is 9.91. The van der Waals surface area contributed by atoms with Crippen LogP contribution in [0.4, 0.5) is 0 Å². The molecule has 3 heterocycles. The van der Waals surface area contributed by atoms with Crippen molar-refractivity contribution in [3.8, 4) is 22.1 Å². The summed E-state index contributed by atoms with van der Waals surface area (Å²) in [5.41, 5.74) is 10.4. The molecule has 0 aromatic carbocycles. The van der Waals surface area contributed by atoms with Gasteiger partial charge < -0.3 is 10.5 Å². The highest BCUT2D eigenvalue weighted by Gasteiger charge is 2.31. The molecule has 0 aliphatic heterocycles. The molecule has 1 amide bonds. The van der Waals surface area contributed by atoms with E-state index in [1.807, 2.05) is 37.0 Å². The van der Waals surface area contributed by atoms with Gasteiger partial charge >= 0.3 is 0 Å². The van der Waals surface area contributed by atoms with Crippen molar-refractivity contribution in [1.82, 2.24) is 14.8 Å². The zero-order chi connectivity index (χ0) is 16.8. The van der Waals surface area contributed by atoms with Crippen LogP contribution in [0.1, 0.15) is 26.5 Å². The van der Waals surface area contributed by atoms with E-state index in [0.29, 0.717) is 15.7 Å². The summed E-state index contributed by atoms with van der Waals surface area (Å²) in [6.07, 6.45) is 5.20. The van der Waals surface area contributed by atoms with Gasteiger partial charge in [0.15, 0.2) is 5.06 Å². The molecule has 24 heavy (non-hydrogen) atoms. The number of hydrogen-bond donors (Lipinski definition) is 1. The minimum absolute atomic E-state index is 0.417. The number of pyridine rings is 1. The van der Waals surface area contributed by atoms with E-state index in [9.17, 15) is 4.79 Å². The van der Waals surface area contributed by atoms with Gasteiger partial charge in [-0.25, -0.2) is 0 Å². The van der Waals surface area contributed by atoms with Crippen molar-refractivity contribution in [2.75, 3.05) is 0 Å². The van der Waals surface area contributed by atoms with Gasteiger partial charge in [0.2, 0.25) is 0 Å². The number of nitrogens with zero attached hydrogens (tertiary/aromatic N) is 3. The van der Waals surface area contributed by atoms with Gasteiger partial charge in [-0.2, -0.15) is 5.10 Å². The van der Waals surface area contributed by atoms with Crippen LogP contribution in [0.3, 0.4) is 0 Å². The molecule has 7 heteroatoms. The number of aromatic nitrogens is 3. The number of primary amides is 1. The Morgan fingerprint density at radius 1 is 1.42 bits per heavy atom. The highest BCUT2D eigenvalue weighted by atomic mass is 32.1. The summed E-state index contributed by atoms with van der Waals surface area (Å²) in [5.74, 6) is 0.256. The fraction of sp³-hybridized carbons (Fsp3) is 0.235. The van der Waals surface area contributed by atoms with E-state index in [2.05, 4.69) is 10.1 Å². The Morgan fingerprint density at radius 2 is 2.25 bits per heavy atom. The van der Waals surface area contributed by atoms with Crippen LogP contribution < -0.4 is 10.5 Å². The highest BCUT2D eigenvalue weighted by molar-refractivity contribution is 7.16. The molecule has 0 radical (unpaired) electrons. The lowest BCUT2D eigenvalue weighted by Gasteiger charge is -2.16. The smallest absolute Gasteiger partial charge is 0.259 e. The summed E-state index contributed by atoms with van der Waals surface area (Å²) in [6, 6.07) is 3.69. The average Bonchev–Trinajstić information content (AvgIpc) is 3.11. The summed E-state index contributed by atoms with van der Waals surface area (Å²) in [6.45, 7) is 1.89. The van der Waals surface area contributed by atoms with Crippen LogP contribution >= 0.6 is 11.3 Å². The van der Waals surface area contributed by atoms with Crippen LogP contribution in [0.2, 0.25) is 0 Å². The van der Waals surface area contributed by atoms with Crippen molar-refractivity contribution in [1.29, 1.82) is 0 Å². The molecule has 6 nitrogen and oxygen atoms in total. The molecule has 4 rings (SSSR count). The molecule has 0 saturated heterocycles. The molecule has 1 aliphatic carbocycles.